The van der Waals surface area contributed by atoms with Crippen molar-refractivity contribution in [1.82, 2.24) is 0 Å². The number of rotatable bonds is 2. The Bertz CT molecular complexity index is 694. The van der Waals surface area contributed by atoms with E-state index in [9.17, 15) is 4.79 Å². The van der Waals surface area contributed by atoms with Gasteiger partial charge in [-0.25, -0.2) is 0 Å². The number of carbonyl (C=O) groups excluding carboxylic acids is 1. The number of halogens is 3. The second-order valence-corrected chi connectivity index (χ2v) is 7.65. The van der Waals surface area contributed by atoms with Crippen molar-refractivity contribution < 1.29 is 4.79 Å². The summed E-state index contributed by atoms with van der Waals surface area (Å²) in [4.78, 5) is 12.1. The van der Waals surface area contributed by atoms with E-state index >= 15 is 0 Å². The average molecular weight is 421 g/mol. The molecular formula is C12H5Br2ClN2OS. The zero-order chi connectivity index (χ0) is 14.0. The highest BCUT2D eigenvalue weighted by Crippen LogP contribution is 2.33. The summed E-state index contributed by atoms with van der Waals surface area (Å²) in [5.74, 6) is -0.263. The molecule has 0 atom stereocenters. The standard InChI is InChI=1S/C12H5Br2ClN2OS/c13-10-4-7(11(14)19-10)12(18)17-9-2-1-6(5-16)3-8(9)15/h1-4H,(H,17,18). The molecule has 0 aliphatic carbocycles. The van der Waals surface area contributed by atoms with Crippen molar-refractivity contribution in [3.05, 3.63) is 48.0 Å². The molecule has 0 aliphatic heterocycles. The first kappa shape index (κ1) is 14.5. The molecule has 0 saturated carbocycles. The molecule has 96 valence electrons. The number of nitriles is 1. The van der Waals surface area contributed by atoms with Crippen LogP contribution in [0.1, 0.15) is 15.9 Å². The van der Waals surface area contributed by atoms with Crippen LogP contribution in [0.25, 0.3) is 0 Å². The minimum Gasteiger partial charge on any atom is -0.321 e. The lowest BCUT2D eigenvalue weighted by Gasteiger charge is -2.06. The largest absolute Gasteiger partial charge is 0.321 e. The van der Waals surface area contributed by atoms with Gasteiger partial charge in [-0.2, -0.15) is 5.26 Å². The smallest absolute Gasteiger partial charge is 0.257 e. The fraction of sp³-hybridized carbons (Fsp3) is 0. The van der Waals surface area contributed by atoms with E-state index in [-0.39, 0.29) is 5.91 Å². The molecule has 0 fully saturated rings. The minimum absolute atomic E-state index is 0.263. The van der Waals surface area contributed by atoms with Crippen molar-refractivity contribution in [1.29, 1.82) is 5.26 Å². The van der Waals surface area contributed by atoms with E-state index in [0.29, 0.717) is 21.8 Å². The quantitative estimate of drug-likeness (QED) is 0.739. The molecule has 0 saturated heterocycles. The Balaban J connectivity index is 2.25. The van der Waals surface area contributed by atoms with Crippen LogP contribution in [0.3, 0.4) is 0 Å². The summed E-state index contributed by atoms with van der Waals surface area (Å²) < 4.78 is 1.59. The van der Waals surface area contributed by atoms with Crippen LogP contribution in [0, 0.1) is 11.3 Å². The number of benzene rings is 1. The number of hydrogen-bond acceptors (Lipinski definition) is 3. The third-order valence-electron chi connectivity index (χ3n) is 2.25. The van der Waals surface area contributed by atoms with E-state index in [0.717, 1.165) is 7.57 Å². The van der Waals surface area contributed by atoms with Crippen LogP contribution in [0.4, 0.5) is 5.69 Å². The second-order valence-electron chi connectivity index (χ2n) is 3.50. The van der Waals surface area contributed by atoms with Crippen LogP contribution in [-0.2, 0) is 0 Å². The molecule has 0 bridgehead atoms. The van der Waals surface area contributed by atoms with Gasteiger partial charge in [-0.1, -0.05) is 11.6 Å². The number of nitrogens with one attached hydrogen (secondary N) is 1. The highest BCUT2D eigenvalue weighted by molar-refractivity contribution is 9.12. The van der Waals surface area contributed by atoms with E-state index in [1.165, 1.54) is 17.4 Å². The van der Waals surface area contributed by atoms with Gasteiger partial charge in [0.25, 0.3) is 5.91 Å². The molecule has 1 aromatic carbocycles. The van der Waals surface area contributed by atoms with Gasteiger partial charge >= 0.3 is 0 Å². The highest BCUT2D eigenvalue weighted by atomic mass is 79.9. The molecule has 0 unspecified atom stereocenters. The third kappa shape index (κ3) is 3.37. The predicted octanol–water partition coefficient (Wildman–Crippen LogP) is 5.05. The molecule has 7 heteroatoms. The molecular weight excluding hydrogens is 415 g/mol. The summed E-state index contributed by atoms with van der Waals surface area (Å²) in [6.07, 6.45) is 0. The summed E-state index contributed by atoms with van der Waals surface area (Å²) in [6, 6.07) is 8.42. The number of nitrogens with zero attached hydrogens (tertiary/aromatic N) is 1. The van der Waals surface area contributed by atoms with Crippen LogP contribution >= 0.6 is 54.8 Å². The first-order valence-electron chi connectivity index (χ1n) is 4.97. The van der Waals surface area contributed by atoms with Crippen molar-refractivity contribution in [3.8, 4) is 6.07 Å². The average Bonchev–Trinajstić information content (AvgIpc) is 2.71. The summed E-state index contributed by atoms with van der Waals surface area (Å²) in [5, 5.41) is 11.8. The summed E-state index contributed by atoms with van der Waals surface area (Å²) in [7, 11) is 0. The molecule has 19 heavy (non-hydrogen) atoms. The molecule has 2 aromatic rings. The number of carbonyl (C=O) groups is 1. The van der Waals surface area contributed by atoms with Gasteiger partial charge < -0.3 is 5.32 Å². The Kier molecular flexibility index (Phi) is 4.63. The Labute approximate surface area is 135 Å². The second kappa shape index (κ2) is 6.06. The first-order valence-corrected chi connectivity index (χ1v) is 7.75. The highest BCUT2D eigenvalue weighted by Gasteiger charge is 2.15. The Morgan fingerprint density at radius 1 is 1.37 bits per heavy atom. The van der Waals surface area contributed by atoms with Gasteiger partial charge in [-0.05, 0) is 56.1 Å². The van der Waals surface area contributed by atoms with E-state index < -0.39 is 0 Å². The zero-order valence-electron chi connectivity index (χ0n) is 9.21. The van der Waals surface area contributed by atoms with Crippen LogP contribution in [-0.4, -0.2) is 5.91 Å². The maximum Gasteiger partial charge on any atom is 0.257 e. The molecule has 1 heterocycles. The molecule has 2 rings (SSSR count). The minimum atomic E-state index is -0.263. The van der Waals surface area contributed by atoms with Crippen molar-refractivity contribution in [3.63, 3.8) is 0 Å². The monoisotopic (exact) mass is 418 g/mol. The van der Waals surface area contributed by atoms with Crippen LogP contribution in [0.5, 0.6) is 0 Å². The van der Waals surface area contributed by atoms with Gasteiger partial charge in [0.2, 0.25) is 0 Å². The van der Waals surface area contributed by atoms with Gasteiger partial charge in [-0.3, -0.25) is 4.79 Å². The predicted molar refractivity (Wildman–Crippen MR) is 83.8 cm³/mol. The Morgan fingerprint density at radius 3 is 2.63 bits per heavy atom. The molecule has 0 radical (unpaired) electrons. The van der Waals surface area contributed by atoms with E-state index in [4.69, 9.17) is 16.9 Å². The van der Waals surface area contributed by atoms with Crippen molar-refractivity contribution >= 4 is 66.4 Å². The molecule has 0 spiro atoms. The normalized spacial score (nSPS) is 10.0. The molecule has 1 aromatic heterocycles. The summed E-state index contributed by atoms with van der Waals surface area (Å²) in [6.45, 7) is 0. The first-order chi connectivity index (χ1) is 9.01. The van der Waals surface area contributed by atoms with Gasteiger partial charge in [-0.15, -0.1) is 11.3 Å². The van der Waals surface area contributed by atoms with Crippen molar-refractivity contribution in [2.75, 3.05) is 5.32 Å². The third-order valence-corrected chi connectivity index (χ3v) is 4.90. The topological polar surface area (TPSA) is 52.9 Å². The van der Waals surface area contributed by atoms with E-state index in [2.05, 4.69) is 37.2 Å². The summed E-state index contributed by atoms with van der Waals surface area (Å²) in [5.41, 5.74) is 1.44. The maximum absolute atomic E-state index is 12.1. The Hall–Kier alpha value is -0.870. The van der Waals surface area contributed by atoms with Crippen LogP contribution in [0.15, 0.2) is 31.8 Å². The SMILES string of the molecule is N#Cc1ccc(NC(=O)c2cc(Br)sc2Br)c(Cl)c1. The van der Waals surface area contributed by atoms with Gasteiger partial charge in [0.1, 0.15) is 0 Å². The molecule has 1 amide bonds. The van der Waals surface area contributed by atoms with E-state index in [1.807, 2.05) is 6.07 Å². The van der Waals surface area contributed by atoms with Gasteiger partial charge in [0, 0.05) is 0 Å². The zero-order valence-corrected chi connectivity index (χ0v) is 14.0. The van der Waals surface area contributed by atoms with Crippen LogP contribution < -0.4 is 5.32 Å². The number of amides is 1. The number of hydrogen-bond donors (Lipinski definition) is 1. The van der Waals surface area contributed by atoms with Gasteiger partial charge in [0.15, 0.2) is 0 Å². The van der Waals surface area contributed by atoms with E-state index in [1.54, 1.807) is 18.2 Å². The fourth-order valence-corrected chi connectivity index (χ4v) is 4.39. The molecule has 0 aliphatic rings. The van der Waals surface area contributed by atoms with Gasteiger partial charge in [0.05, 0.1) is 35.5 Å². The lowest BCUT2D eigenvalue weighted by molar-refractivity contribution is 0.102. The van der Waals surface area contributed by atoms with Crippen molar-refractivity contribution in [2.45, 2.75) is 0 Å². The van der Waals surface area contributed by atoms with Crippen molar-refractivity contribution in [2.24, 2.45) is 0 Å². The van der Waals surface area contributed by atoms with Crippen LogP contribution in [0.2, 0.25) is 5.02 Å². The fourth-order valence-electron chi connectivity index (χ4n) is 1.37. The summed E-state index contributed by atoms with van der Waals surface area (Å²) >= 11 is 14.1. The molecule has 3 nitrogen and oxygen atoms in total. The molecule has 1 N–H and O–H groups in total. The lowest BCUT2D eigenvalue weighted by Crippen LogP contribution is -2.11. The maximum atomic E-state index is 12.1. The number of anilines is 1. The number of thiophene rings is 1. The Morgan fingerprint density at radius 2 is 2.11 bits per heavy atom. The lowest BCUT2D eigenvalue weighted by atomic mass is 10.2.